The molecule has 2 aromatic rings. The minimum Gasteiger partial charge on any atom is -0.459 e. The number of allylic oxidation sites excluding steroid dienone is 3. The summed E-state index contributed by atoms with van der Waals surface area (Å²) >= 11 is 0. The van der Waals surface area contributed by atoms with Gasteiger partial charge in [0.15, 0.2) is 5.78 Å². The second kappa shape index (κ2) is 9.16. The van der Waals surface area contributed by atoms with Crippen molar-refractivity contribution in [3.63, 3.8) is 0 Å². The highest BCUT2D eigenvalue weighted by atomic mass is 19.1. The van der Waals surface area contributed by atoms with Crippen molar-refractivity contribution < 1.29 is 23.1 Å². The molecule has 6 heteroatoms. The van der Waals surface area contributed by atoms with Crippen LogP contribution in [0.4, 0.5) is 8.78 Å². The second-order valence-corrected chi connectivity index (χ2v) is 9.40. The molecule has 2 aromatic carbocycles. The van der Waals surface area contributed by atoms with E-state index in [1.807, 2.05) is 0 Å². The van der Waals surface area contributed by atoms with Crippen molar-refractivity contribution in [3.8, 4) is 0 Å². The zero-order chi connectivity index (χ0) is 23.8. The van der Waals surface area contributed by atoms with Crippen molar-refractivity contribution in [2.75, 3.05) is 0 Å². The van der Waals surface area contributed by atoms with Gasteiger partial charge in [0.05, 0.1) is 11.5 Å². The fraction of sp³-hybridized carbons (Fsp3) is 0.357. The fourth-order valence-corrected chi connectivity index (χ4v) is 5.52. The van der Waals surface area contributed by atoms with Gasteiger partial charge in [0, 0.05) is 29.0 Å². The van der Waals surface area contributed by atoms with Crippen LogP contribution in [0.25, 0.3) is 0 Å². The third kappa shape index (κ3) is 4.17. The summed E-state index contributed by atoms with van der Waals surface area (Å²) in [5, 5.41) is 3.28. The molecule has 34 heavy (non-hydrogen) atoms. The number of benzene rings is 2. The molecule has 2 aliphatic carbocycles. The summed E-state index contributed by atoms with van der Waals surface area (Å²) in [4.78, 5) is 26.9. The van der Waals surface area contributed by atoms with Crippen molar-refractivity contribution in [3.05, 3.63) is 93.8 Å². The average Bonchev–Trinajstić information content (AvgIpc) is 3.32. The van der Waals surface area contributed by atoms with Crippen LogP contribution in [0, 0.1) is 11.6 Å². The highest BCUT2D eigenvalue weighted by Crippen LogP contribution is 2.46. The summed E-state index contributed by atoms with van der Waals surface area (Å²) < 4.78 is 34.3. The van der Waals surface area contributed by atoms with Crippen LogP contribution in [0.15, 0.2) is 71.1 Å². The summed E-state index contributed by atoms with van der Waals surface area (Å²) in [6.45, 7) is 1.77. The first-order valence-electron chi connectivity index (χ1n) is 11.9. The summed E-state index contributed by atoms with van der Waals surface area (Å²) in [5.74, 6) is -2.38. The number of carbonyl (C=O) groups is 2. The Kier molecular flexibility index (Phi) is 6.07. The molecule has 2 unspecified atom stereocenters. The van der Waals surface area contributed by atoms with Gasteiger partial charge in [0.25, 0.3) is 0 Å². The molecule has 5 rings (SSSR count). The van der Waals surface area contributed by atoms with Gasteiger partial charge in [-0.15, -0.1) is 0 Å². The lowest BCUT2D eigenvalue weighted by atomic mass is 9.71. The van der Waals surface area contributed by atoms with Gasteiger partial charge >= 0.3 is 5.97 Å². The van der Waals surface area contributed by atoms with Gasteiger partial charge < -0.3 is 10.1 Å². The standard InChI is InChI=1S/C28H27F2NO3/c1-16-25(28(33)34-20-6-2-3-7-20)26(21-8-4-5-9-22(21)30)27-23(31-16)14-18(15-24(27)32)17-10-12-19(29)13-11-17/h4-5,8-13,18,20,26,31H,2-3,6-7,14-15H2,1H3. The third-order valence-corrected chi connectivity index (χ3v) is 7.18. The molecule has 0 aromatic heterocycles. The molecule has 0 amide bonds. The van der Waals surface area contributed by atoms with E-state index in [0.29, 0.717) is 34.5 Å². The number of hydrogen-bond acceptors (Lipinski definition) is 4. The highest BCUT2D eigenvalue weighted by molar-refractivity contribution is 6.04. The number of nitrogens with one attached hydrogen (secondary N) is 1. The minimum atomic E-state index is -0.826. The Bertz CT molecular complexity index is 1190. The molecule has 1 N–H and O–H groups in total. The molecule has 176 valence electrons. The molecule has 2 atom stereocenters. The number of ether oxygens (including phenoxy) is 1. The van der Waals surface area contributed by atoms with Crippen molar-refractivity contribution in [1.29, 1.82) is 0 Å². The number of carbonyl (C=O) groups excluding carboxylic acids is 2. The van der Waals surface area contributed by atoms with Crippen LogP contribution in [-0.2, 0) is 14.3 Å². The first-order chi connectivity index (χ1) is 16.4. The molecule has 3 aliphatic rings. The number of dihydropyridines is 1. The molecule has 1 heterocycles. The fourth-order valence-electron chi connectivity index (χ4n) is 5.52. The monoisotopic (exact) mass is 463 g/mol. The smallest absolute Gasteiger partial charge is 0.337 e. The van der Waals surface area contributed by atoms with E-state index in [1.54, 1.807) is 37.3 Å². The van der Waals surface area contributed by atoms with Gasteiger partial charge in [-0.25, -0.2) is 13.6 Å². The van der Waals surface area contributed by atoms with Crippen molar-refractivity contribution in [1.82, 2.24) is 5.32 Å². The van der Waals surface area contributed by atoms with Crippen LogP contribution >= 0.6 is 0 Å². The SMILES string of the molecule is CC1=C(C(=O)OC2CCCC2)C(c2ccccc2F)C2=C(CC(c3ccc(F)cc3)CC2=O)N1. The number of esters is 1. The molecule has 0 radical (unpaired) electrons. The van der Waals surface area contributed by atoms with Crippen LogP contribution < -0.4 is 5.32 Å². The summed E-state index contributed by atoms with van der Waals surface area (Å²) in [6, 6.07) is 12.5. The number of hydrogen-bond donors (Lipinski definition) is 1. The zero-order valence-corrected chi connectivity index (χ0v) is 19.1. The van der Waals surface area contributed by atoms with Gasteiger partial charge in [-0.2, -0.15) is 0 Å². The minimum absolute atomic E-state index is 0.125. The first kappa shape index (κ1) is 22.5. The quantitative estimate of drug-likeness (QED) is 0.581. The van der Waals surface area contributed by atoms with Gasteiger partial charge in [0.2, 0.25) is 0 Å². The van der Waals surface area contributed by atoms with Crippen LogP contribution in [-0.4, -0.2) is 17.9 Å². The van der Waals surface area contributed by atoms with Gasteiger partial charge in [-0.05, 0) is 68.7 Å². The van der Waals surface area contributed by atoms with Crippen LogP contribution in [0.2, 0.25) is 0 Å². The van der Waals surface area contributed by atoms with E-state index in [9.17, 15) is 14.0 Å². The van der Waals surface area contributed by atoms with E-state index in [0.717, 1.165) is 31.2 Å². The lowest BCUT2D eigenvalue weighted by Crippen LogP contribution is -2.37. The number of ketones is 1. The normalized spacial score (nSPS) is 23.1. The Labute approximate surface area is 197 Å². The van der Waals surface area contributed by atoms with Gasteiger partial charge in [-0.1, -0.05) is 30.3 Å². The van der Waals surface area contributed by atoms with E-state index in [4.69, 9.17) is 4.74 Å². The molecule has 1 aliphatic heterocycles. The summed E-state index contributed by atoms with van der Waals surface area (Å²) in [5.41, 5.74) is 3.15. The lowest BCUT2D eigenvalue weighted by molar-refractivity contribution is -0.144. The van der Waals surface area contributed by atoms with Gasteiger partial charge in [0.1, 0.15) is 17.7 Å². The maximum Gasteiger partial charge on any atom is 0.337 e. The molecule has 1 saturated carbocycles. The van der Waals surface area contributed by atoms with Crippen LogP contribution in [0.1, 0.15) is 68.4 Å². The number of Topliss-reactive ketones (excluding diaryl/α,β-unsaturated/α-hetero) is 1. The molecular formula is C28H27F2NO3. The molecular weight excluding hydrogens is 436 g/mol. The van der Waals surface area contributed by atoms with E-state index in [-0.39, 0.29) is 30.0 Å². The maximum atomic E-state index is 15.0. The lowest BCUT2D eigenvalue weighted by Gasteiger charge is -2.37. The Hall–Kier alpha value is -3.28. The first-order valence-corrected chi connectivity index (χ1v) is 11.9. The maximum absolute atomic E-state index is 15.0. The molecule has 4 nitrogen and oxygen atoms in total. The zero-order valence-electron chi connectivity index (χ0n) is 19.1. The largest absolute Gasteiger partial charge is 0.459 e. The van der Waals surface area contributed by atoms with Gasteiger partial charge in [-0.3, -0.25) is 4.79 Å². The van der Waals surface area contributed by atoms with E-state index >= 15 is 4.39 Å². The Balaban J connectivity index is 1.55. The van der Waals surface area contributed by atoms with Crippen LogP contribution in [0.3, 0.4) is 0 Å². The number of rotatable bonds is 4. The average molecular weight is 464 g/mol. The summed E-state index contributed by atoms with van der Waals surface area (Å²) in [6.07, 6.45) is 4.26. The second-order valence-electron chi connectivity index (χ2n) is 9.40. The van der Waals surface area contributed by atoms with Crippen LogP contribution in [0.5, 0.6) is 0 Å². The molecule has 0 saturated heterocycles. The van der Waals surface area contributed by atoms with Crippen molar-refractivity contribution >= 4 is 11.8 Å². The summed E-state index contributed by atoms with van der Waals surface area (Å²) in [7, 11) is 0. The van der Waals surface area contributed by atoms with Crippen molar-refractivity contribution in [2.24, 2.45) is 0 Å². The third-order valence-electron chi connectivity index (χ3n) is 7.18. The van der Waals surface area contributed by atoms with E-state index in [1.165, 1.54) is 18.2 Å². The molecule has 1 fully saturated rings. The van der Waals surface area contributed by atoms with E-state index < -0.39 is 17.7 Å². The topological polar surface area (TPSA) is 55.4 Å². The predicted molar refractivity (Wildman–Crippen MR) is 124 cm³/mol. The van der Waals surface area contributed by atoms with E-state index in [2.05, 4.69) is 5.32 Å². The Morgan fingerprint density at radius 3 is 2.41 bits per heavy atom. The molecule has 0 spiro atoms. The van der Waals surface area contributed by atoms with Crippen molar-refractivity contribution in [2.45, 2.75) is 63.4 Å². The molecule has 0 bridgehead atoms. The Morgan fingerprint density at radius 1 is 1.00 bits per heavy atom. The number of halogens is 2. The predicted octanol–water partition coefficient (Wildman–Crippen LogP) is 5.81. The Morgan fingerprint density at radius 2 is 1.71 bits per heavy atom. The highest BCUT2D eigenvalue weighted by Gasteiger charge is 2.42.